The van der Waals surface area contributed by atoms with Crippen molar-refractivity contribution in [2.45, 2.75) is 38.9 Å². The molecule has 0 saturated carbocycles. The number of rotatable bonds is 7. The van der Waals surface area contributed by atoms with Gasteiger partial charge in [0.05, 0.1) is 19.1 Å². The Hall–Kier alpha value is -3.36. The highest BCUT2D eigenvalue weighted by molar-refractivity contribution is 5.73. The Labute approximate surface area is 183 Å². The predicted molar refractivity (Wildman–Crippen MR) is 112 cm³/mol. The van der Waals surface area contributed by atoms with Gasteiger partial charge in [-0.25, -0.2) is 14.2 Å². The maximum atomic E-state index is 13.6. The number of nitrogens with zero attached hydrogens (tertiary/aromatic N) is 2. The molecule has 172 valence electrons. The molecule has 2 aromatic carbocycles. The molecule has 1 N–H and O–H groups in total. The van der Waals surface area contributed by atoms with Crippen LogP contribution in [0.15, 0.2) is 54.9 Å². The van der Waals surface area contributed by atoms with Crippen LogP contribution in [0.4, 0.5) is 17.6 Å². The van der Waals surface area contributed by atoms with Gasteiger partial charge < -0.3 is 14.4 Å². The van der Waals surface area contributed by atoms with Gasteiger partial charge in [-0.3, -0.25) is 0 Å². The number of hydrogen-bond donors (Lipinski definition) is 1. The fourth-order valence-electron chi connectivity index (χ4n) is 3.13. The van der Waals surface area contributed by atoms with Crippen molar-refractivity contribution in [3.63, 3.8) is 0 Å². The third-order valence-electron chi connectivity index (χ3n) is 4.59. The first kappa shape index (κ1) is 24.9. The third kappa shape index (κ3) is 6.83. The van der Waals surface area contributed by atoms with Crippen LogP contribution in [0.3, 0.4) is 0 Å². The molecule has 1 heterocycles. The Morgan fingerprint density at radius 1 is 1.12 bits per heavy atom. The zero-order valence-corrected chi connectivity index (χ0v) is 17.7. The summed E-state index contributed by atoms with van der Waals surface area (Å²) in [6.45, 7) is 2.96. The normalized spacial score (nSPS) is 10.9. The van der Waals surface area contributed by atoms with Crippen molar-refractivity contribution < 1.29 is 32.2 Å². The third-order valence-corrected chi connectivity index (χ3v) is 4.59. The minimum absolute atomic E-state index is 0.233. The first-order chi connectivity index (χ1) is 15.2. The molecule has 0 fully saturated rings. The molecule has 32 heavy (non-hydrogen) atoms. The van der Waals surface area contributed by atoms with Crippen molar-refractivity contribution >= 4 is 5.97 Å². The molecule has 3 aromatic rings. The standard InChI is InChI=1S/C21H23FN2O.C2HF3O2/c1-3-7-19-21(17-9-6-10-18(22)14-17)23-15-24(19)13-12-16-8-4-5-11-20(16)25-2;3-2(4,5)1(6)7/h4-6,8-11,14-15H,3,7,12-13H2,1-2H3;(H,6,7). The van der Waals surface area contributed by atoms with E-state index in [1.54, 1.807) is 19.2 Å². The molecular weight excluding hydrogens is 428 g/mol. The first-order valence-electron chi connectivity index (χ1n) is 9.89. The lowest BCUT2D eigenvalue weighted by Crippen LogP contribution is -2.21. The zero-order valence-electron chi connectivity index (χ0n) is 17.7. The van der Waals surface area contributed by atoms with Gasteiger partial charge in [-0.15, -0.1) is 0 Å². The molecule has 0 aliphatic heterocycles. The van der Waals surface area contributed by atoms with Crippen LogP contribution in [0, 0.1) is 5.82 Å². The number of ether oxygens (including phenoxy) is 1. The second-order valence-corrected chi connectivity index (χ2v) is 6.86. The SMILES string of the molecule is CCCc1c(-c2cccc(F)c2)ncn1CCc1ccccc1OC.O=C(O)C(F)(F)F. The van der Waals surface area contributed by atoms with Gasteiger partial charge >= 0.3 is 12.1 Å². The lowest BCUT2D eigenvalue weighted by atomic mass is 10.1. The molecule has 0 saturated heterocycles. The predicted octanol–water partition coefficient (Wildman–Crippen LogP) is 5.53. The number of halogens is 4. The lowest BCUT2D eigenvalue weighted by Gasteiger charge is -2.12. The van der Waals surface area contributed by atoms with Crippen molar-refractivity contribution in [1.82, 2.24) is 9.55 Å². The molecule has 9 heteroatoms. The van der Waals surface area contributed by atoms with Crippen LogP contribution in [0.5, 0.6) is 5.75 Å². The number of aryl methyl sites for hydroxylation is 2. The maximum Gasteiger partial charge on any atom is 0.490 e. The molecule has 0 atom stereocenters. The average Bonchev–Trinajstić information content (AvgIpc) is 3.15. The minimum atomic E-state index is -5.08. The number of carboxylic acid groups (broad SMARTS) is 1. The summed E-state index contributed by atoms with van der Waals surface area (Å²) in [4.78, 5) is 13.5. The van der Waals surface area contributed by atoms with Crippen LogP contribution in [0.1, 0.15) is 24.6 Å². The van der Waals surface area contributed by atoms with Crippen molar-refractivity contribution in [2.75, 3.05) is 7.11 Å². The molecule has 0 unspecified atom stereocenters. The van der Waals surface area contributed by atoms with E-state index in [4.69, 9.17) is 14.6 Å². The molecule has 0 aliphatic rings. The number of methoxy groups -OCH3 is 1. The van der Waals surface area contributed by atoms with Gasteiger partial charge in [0.1, 0.15) is 11.6 Å². The van der Waals surface area contributed by atoms with Crippen LogP contribution in [-0.2, 0) is 24.2 Å². The van der Waals surface area contributed by atoms with Gasteiger partial charge in [-0.1, -0.05) is 43.7 Å². The highest BCUT2D eigenvalue weighted by Crippen LogP contribution is 2.25. The summed E-state index contributed by atoms with van der Waals surface area (Å²) >= 11 is 0. The Morgan fingerprint density at radius 3 is 2.41 bits per heavy atom. The summed E-state index contributed by atoms with van der Waals surface area (Å²) in [6, 6.07) is 14.7. The van der Waals surface area contributed by atoms with Crippen LogP contribution in [-0.4, -0.2) is 33.9 Å². The molecule has 0 aliphatic carbocycles. The molecule has 5 nitrogen and oxygen atoms in total. The molecule has 0 amide bonds. The van der Waals surface area contributed by atoms with E-state index in [0.29, 0.717) is 0 Å². The van der Waals surface area contributed by atoms with Gasteiger partial charge in [0, 0.05) is 17.8 Å². The van der Waals surface area contributed by atoms with Crippen molar-refractivity contribution in [1.29, 1.82) is 0 Å². The summed E-state index contributed by atoms with van der Waals surface area (Å²) in [7, 11) is 1.70. The summed E-state index contributed by atoms with van der Waals surface area (Å²) in [6.07, 6.45) is -0.430. The van der Waals surface area contributed by atoms with Gasteiger partial charge in [0.2, 0.25) is 0 Å². The van der Waals surface area contributed by atoms with Crippen molar-refractivity contribution in [2.24, 2.45) is 0 Å². The average molecular weight is 452 g/mol. The zero-order chi connectivity index (χ0) is 23.7. The summed E-state index contributed by atoms with van der Waals surface area (Å²) < 4.78 is 52.9. The fraction of sp³-hybridized carbons (Fsp3) is 0.304. The topological polar surface area (TPSA) is 64.4 Å². The summed E-state index contributed by atoms with van der Waals surface area (Å²) in [5.41, 5.74) is 4.04. The smallest absolute Gasteiger partial charge is 0.490 e. The second-order valence-electron chi connectivity index (χ2n) is 6.86. The van der Waals surface area contributed by atoms with E-state index in [-0.39, 0.29) is 5.82 Å². The van der Waals surface area contributed by atoms with Gasteiger partial charge in [0.25, 0.3) is 0 Å². The first-order valence-corrected chi connectivity index (χ1v) is 9.89. The van der Waals surface area contributed by atoms with Crippen molar-refractivity contribution in [3.8, 4) is 17.0 Å². The highest BCUT2D eigenvalue weighted by Gasteiger charge is 2.38. The minimum Gasteiger partial charge on any atom is -0.496 e. The van der Waals surface area contributed by atoms with E-state index in [1.807, 2.05) is 30.6 Å². The Kier molecular flexibility index (Phi) is 8.80. The summed E-state index contributed by atoms with van der Waals surface area (Å²) in [5.74, 6) is -2.08. The van der Waals surface area contributed by atoms with Gasteiger partial charge in [-0.2, -0.15) is 13.2 Å². The molecule has 1 aromatic heterocycles. The quantitative estimate of drug-likeness (QED) is 0.479. The highest BCUT2D eigenvalue weighted by atomic mass is 19.4. The van der Waals surface area contributed by atoms with Crippen LogP contribution in [0.2, 0.25) is 0 Å². The largest absolute Gasteiger partial charge is 0.496 e. The summed E-state index contributed by atoms with van der Waals surface area (Å²) in [5, 5.41) is 7.12. The Bertz CT molecular complexity index is 1030. The number of para-hydroxylation sites is 1. The van der Waals surface area contributed by atoms with Crippen molar-refractivity contribution in [3.05, 3.63) is 71.9 Å². The molecule has 0 radical (unpaired) electrons. The maximum absolute atomic E-state index is 13.6. The van der Waals surface area contributed by atoms with Crippen LogP contribution in [0.25, 0.3) is 11.3 Å². The van der Waals surface area contributed by atoms with Crippen LogP contribution < -0.4 is 4.74 Å². The molecule has 0 spiro atoms. The van der Waals surface area contributed by atoms with Crippen LogP contribution >= 0.6 is 0 Å². The van der Waals surface area contributed by atoms with E-state index in [1.165, 1.54) is 11.6 Å². The van der Waals surface area contributed by atoms with E-state index < -0.39 is 12.1 Å². The molecular formula is C23H24F4N2O3. The number of carbonyl (C=O) groups is 1. The van der Waals surface area contributed by atoms with E-state index in [2.05, 4.69) is 22.5 Å². The Morgan fingerprint density at radius 2 is 1.81 bits per heavy atom. The number of hydrogen-bond acceptors (Lipinski definition) is 3. The number of benzene rings is 2. The van der Waals surface area contributed by atoms with E-state index in [9.17, 15) is 17.6 Å². The van der Waals surface area contributed by atoms with E-state index >= 15 is 0 Å². The number of alkyl halides is 3. The van der Waals surface area contributed by atoms with E-state index in [0.717, 1.165) is 48.5 Å². The molecule has 3 rings (SSSR count). The van der Waals surface area contributed by atoms with Gasteiger partial charge in [0.15, 0.2) is 0 Å². The molecule has 0 bridgehead atoms. The second kappa shape index (κ2) is 11.3. The monoisotopic (exact) mass is 452 g/mol. The lowest BCUT2D eigenvalue weighted by molar-refractivity contribution is -0.192. The Balaban J connectivity index is 0.000000451. The number of aromatic nitrogens is 2. The number of carboxylic acids is 1. The van der Waals surface area contributed by atoms with Gasteiger partial charge in [-0.05, 0) is 36.6 Å². The number of imidazole rings is 1. The fourth-order valence-corrected chi connectivity index (χ4v) is 3.13. The number of aliphatic carboxylic acids is 1.